The van der Waals surface area contributed by atoms with Gasteiger partial charge >= 0.3 is 0 Å². The molecule has 0 aromatic rings. The van der Waals surface area contributed by atoms with Gasteiger partial charge in [-0.3, -0.25) is 4.79 Å². The van der Waals surface area contributed by atoms with Crippen molar-refractivity contribution in [3.8, 4) is 0 Å². The van der Waals surface area contributed by atoms with Gasteiger partial charge in [0.25, 0.3) is 0 Å². The minimum atomic E-state index is -1.08. The minimum Gasteiger partial charge on any atom is -0.390 e. The van der Waals surface area contributed by atoms with Gasteiger partial charge in [-0.2, -0.15) is 0 Å². The Balaban J connectivity index is 3.72. The molecule has 9 heavy (non-hydrogen) atoms. The molecule has 0 aliphatic carbocycles. The molecule has 0 heterocycles. The maximum absolute atomic E-state index is 10.2. The number of amides is 1. The number of alkyl halides is 2. The zero-order chi connectivity index (χ0) is 7.44. The first kappa shape index (κ1) is 9.01. The number of aliphatic hydroxyl groups excluding tert-OH is 1. The molecule has 0 spiro atoms. The molecule has 54 valence electrons. The van der Waals surface area contributed by atoms with Crippen molar-refractivity contribution < 1.29 is 9.90 Å². The van der Waals surface area contributed by atoms with Crippen LogP contribution in [0.1, 0.15) is 0 Å². The lowest BCUT2D eigenvalue weighted by Gasteiger charge is -2.08. The largest absolute Gasteiger partial charge is 0.390 e. The third kappa shape index (κ3) is 2.89. The molecule has 0 fully saturated rings. The average molecular weight is 172 g/mol. The molecule has 5 heteroatoms. The monoisotopic (exact) mass is 171 g/mol. The molecule has 2 atom stereocenters. The zero-order valence-corrected chi connectivity index (χ0v) is 6.06. The Kier molecular flexibility index (Phi) is 3.93. The lowest BCUT2D eigenvalue weighted by molar-refractivity contribution is -0.119. The maximum Gasteiger partial charge on any atom is 0.238 e. The predicted molar refractivity (Wildman–Crippen MR) is 35.6 cm³/mol. The molecule has 3 N–H and O–H groups in total. The Bertz CT molecular complexity index is 109. The van der Waals surface area contributed by atoms with Crippen molar-refractivity contribution in [2.24, 2.45) is 5.73 Å². The molecule has 0 saturated carbocycles. The number of carbonyl (C=O) groups is 1. The molecule has 0 saturated heterocycles. The van der Waals surface area contributed by atoms with Crippen LogP contribution in [0.3, 0.4) is 0 Å². The summed E-state index contributed by atoms with van der Waals surface area (Å²) in [5.74, 6) is -0.846. The van der Waals surface area contributed by atoms with E-state index in [9.17, 15) is 4.79 Å². The Labute approximate surface area is 62.7 Å². The van der Waals surface area contributed by atoms with Crippen LogP contribution in [-0.2, 0) is 4.79 Å². The number of aliphatic hydroxyl groups is 1. The van der Waals surface area contributed by atoms with Gasteiger partial charge in [0.2, 0.25) is 5.91 Å². The van der Waals surface area contributed by atoms with E-state index in [2.05, 4.69) is 0 Å². The fraction of sp³-hybridized carbons (Fsp3) is 0.750. The Morgan fingerprint density at radius 2 is 2.22 bits per heavy atom. The van der Waals surface area contributed by atoms with Crippen LogP contribution >= 0.6 is 23.2 Å². The van der Waals surface area contributed by atoms with Gasteiger partial charge in [-0.1, -0.05) is 0 Å². The van der Waals surface area contributed by atoms with E-state index >= 15 is 0 Å². The molecule has 0 aliphatic heterocycles. The van der Waals surface area contributed by atoms with Crippen LogP contribution in [0, 0.1) is 0 Å². The van der Waals surface area contributed by atoms with Gasteiger partial charge in [0.1, 0.15) is 5.38 Å². The third-order valence-corrected chi connectivity index (χ3v) is 1.59. The number of halogens is 2. The first-order valence-corrected chi connectivity index (χ1v) is 3.24. The second-order valence-electron chi connectivity index (χ2n) is 1.53. The summed E-state index contributed by atoms with van der Waals surface area (Å²) >= 11 is 10.4. The summed E-state index contributed by atoms with van der Waals surface area (Å²) < 4.78 is 0. The maximum atomic E-state index is 10.2. The molecule has 0 unspecified atom stereocenters. The van der Waals surface area contributed by atoms with E-state index in [-0.39, 0.29) is 5.88 Å². The average Bonchev–Trinajstić information content (AvgIpc) is 1.84. The van der Waals surface area contributed by atoms with E-state index in [1.54, 1.807) is 0 Å². The zero-order valence-electron chi connectivity index (χ0n) is 4.55. The van der Waals surface area contributed by atoms with Crippen molar-refractivity contribution in [1.29, 1.82) is 0 Å². The van der Waals surface area contributed by atoms with Crippen molar-refractivity contribution >= 4 is 29.1 Å². The van der Waals surface area contributed by atoms with Crippen molar-refractivity contribution in [2.45, 2.75) is 11.5 Å². The molecule has 0 aromatic heterocycles. The van der Waals surface area contributed by atoms with Crippen LogP contribution in [0.4, 0.5) is 0 Å². The number of primary amides is 1. The number of nitrogens with two attached hydrogens (primary N) is 1. The van der Waals surface area contributed by atoms with Gasteiger partial charge in [0.05, 0.1) is 12.0 Å². The Morgan fingerprint density at radius 3 is 2.33 bits per heavy atom. The highest BCUT2D eigenvalue weighted by atomic mass is 35.5. The normalized spacial score (nSPS) is 16.8. The molecule has 3 nitrogen and oxygen atoms in total. The quantitative estimate of drug-likeness (QED) is 0.573. The van der Waals surface area contributed by atoms with Crippen LogP contribution in [0.5, 0.6) is 0 Å². The lowest BCUT2D eigenvalue weighted by atomic mass is 10.3. The molecule has 0 rings (SSSR count). The van der Waals surface area contributed by atoms with Crippen molar-refractivity contribution in [2.75, 3.05) is 5.88 Å². The number of rotatable bonds is 3. The van der Waals surface area contributed by atoms with Crippen LogP contribution in [0.25, 0.3) is 0 Å². The fourth-order valence-electron chi connectivity index (χ4n) is 0.268. The fourth-order valence-corrected chi connectivity index (χ4v) is 0.626. The van der Waals surface area contributed by atoms with Crippen molar-refractivity contribution in [3.05, 3.63) is 0 Å². The van der Waals surface area contributed by atoms with E-state index in [0.717, 1.165) is 0 Å². The van der Waals surface area contributed by atoms with Gasteiger partial charge in [0.15, 0.2) is 0 Å². The van der Waals surface area contributed by atoms with E-state index in [4.69, 9.17) is 34.0 Å². The molecule has 0 bridgehead atoms. The first-order valence-electron chi connectivity index (χ1n) is 2.27. The standard InChI is InChI=1S/C4H7Cl2NO2/c5-1-2(8)3(6)4(7)9/h2-3,8H,1H2,(H2,7,9)/t2-,3+/m0/s1. The molecular weight excluding hydrogens is 165 g/mol. The molecular formula is C4H7Cl2NO2. The minimum absolute atomic E-state index is 0.0862. The Morgan fingerprint density at radius 1 is 1.78 bits per heavy atom. The van der Waals surface area contributed by atoms with E-state index < -0.39 is 17.4 Å². The van der Waals surface area contributed by atoms with Crippen LogP contribution in [-0.4, -0.2) is 28.4 Å². The summed E-state index contributed by atoms with van der Waals surface area (Å²) in [4.78, 5) is 10.2. The van der Waals surface area contributed by atoms with Gasteiger partial charge in [-0.15, -0.1) is 23.2 Å². The van der Waals surface area contributed by atoms with Crippen molar-refractivity contribution in [1.82, 2.24) is 0 Å². The third-order valence-electron chi connectivity index (χ3n) is 0.768. The number of carbonyl (C=O) groups excluding carboxylic acids is 1. The van der Waals surface area contributed by atoms with Gasteiger partial charge < -0.3 is 10.8 Å². The highest BCUT2D eigenvalue weighted by Gasteiger charge is 2.20. The summed E-state index contributed by atoms with van der Waals surface area (Å²) in [5, 5.41) is 7.65. The van der Waals surface area contributed by atoms with Gasteiger partial charge in [-0.25, -0.2) is 0 Å². The molecule has 0 aliphatic rings. The predicted octanol–water partition coefficient (Wildman–Crippen LogP) is -0.321. The van der Waals surface area contributed by atoms with E-state index in [0.29, 0.717) is 0 Å². The van der Waals surface area contributed by atoms with Gasteiger partial charge in [-0.05, 0) is 0 Å². The smallest absolute Gasteiger partial charge is 0.238 e. The highest BCUT2D eigenvalue weighted by molar-refractivity contribution is 6.31. The lowest BCUT2D eigenvalue weighted by Crippen LogP contribution is -2.35. The van der Waals surface area contributed by atoms with Crippen LogP contribution < -0.4 is 5.73 Å². The second-order valence-corrected chi connectivity index (χ2v) is 2.30. The SMILES string of the molecule is NC(=O)[C@H](Cl)[C@@H](O)CCl. The Hall–Kier alpha value is 0.01000. The summed E-state index contributed by atoms with van der Waals surface area (Å²) in [6, 6.07) is 0. The highest BCUT2D eigenvalue weighted by Crippen LogP contribution is 2.02. The topological polar surface area (TPSA) is 63.3 Å². The second kappa shape index (κ2) is 3.93. The van der Waals surface area contributed by atoms with Gasteiger partial charge in [0, 0.05) is 0 Å². The molecule has 0 radical (unpaired) electrons. The number of hydrogen-bond donors (Lipinski definition) is 2. The van der Waals surface area contributed by atoms with E-state index in [1.165, 1.54) is 0 Å². The summed E-state index contributed by atoms with van der Waals surface area (Å²) in [5.41, 5.74) is 4.72. The molecule has 1 amide bonds. The number of hydrogen-bond acceptors (Lipinski definition) is 2. The summed E-state index contributed by atoms with van der Waals surface area (Å²) in [7, 11) is 0. The molecule has 0 aromatic carbocycles. The van der Waals surface area contributed by atoms with E-state index in [1.807, 2.05) is 0 Å². The summed E-state index contributed by atoms with van der Waals surface area (Å²) in [6.07, 6.45) is -1.05. The van der Waals surface area contributed by atoms with Crippen LogP contribution in [0.15, 0.2) is 0 Å². The van der Waals surface area contributed by atoms with Crippen molar-refractivity contribution in [3.63, 3.8) is 0 Å². The first-order chi connectivity index (χ1) is 4.09. The van der Waals surface area contributed by atoms with Crippen LogP contribution in [0.2, 0.25) is 0 Å². The summed E-state index contributed by atoms with van der Waals surface area (Å²) in [6.45, 7) is 0.